The van der Waals surface area contributed by atoms with Crippen molar-refractivity contribution in [1.82, 2.24) is 39.5 Å². The lowest BCUT2D eigenvalue weighted by Gasteiger charge is -2.36. The van der Waals surface area contributed by atoms with Gasteiger partial charge in [-0.25, -0.2) is 19.4 Å². The summed E-state index contributed by atoms with van der Waals surface area (Å²) in [7, 11) is 1.61. The number of rotatable bonds is 8. The third kappa shape index (κ3) is 8.28. The molecule has 2 amide bonds. The van der Waals surface area contributed by atoms with Crippen LogP contribution >= 0.6 is 11.3 Å². The van der Waals surface area contributed by atoms with Crippen LogP contribution in [0, 0.1) is 0 Å². The van der Waals surface area contributed by atoms with Gasteiger partial charge >= 0.3 is 6.09 Å². The molecule has 5 aromatic rings. The molecule has 0 radical (unpaired) electrons. The molecule has 1 fully saturated rings. The summed E-state index contributed by atoms with van der Waals surface area (Å²) in [6.07, 6.45) is 4.48. The molecular formula is C36H42N10O5S. The van der Waals surface area contributed by atoms with Crippen LogP contribution in [0.5, 0.6) is 5.75 Å². The number of fused-ring (bicyclic) bond motifs is 1. The third-order valence-electron chi connectivity index (χ3n) is 8.28. The number of thiazole rings is 1. The highest BCUT2D eigenvalue weighted by Gasteiger charge is 2.28. The van der Waals surface area contributed by atoms with E-state index in [0.717, 1.165) is 17.0 Å². The van der Waals surface area contributed by atoms with Crippen LogP contribution in [0.25, 0.3) is 17.8 Å². The van der Waals surface area contributed by atoms with E-state index in [1.54, 1.807) is 41.0 Å². The fourth-order valence-corrected chi connectivity index (χ4v) is 6.38. The average molecular weight is 727 g/mol. The van der Waals surface area contributed by atoms with Gasteiger partial charge in [-0.15, -0.1) is 16.4 Å². The molecule has 1 saturated heterocycles. The predicted molar refractivity (Wildman–Crippen MR) is 199 cm³/mol. The Hall–Kier alpha value is -5.64. The molecule has 5 heterocycles. The number of methoxy groups -OCH3 is 1. The molecule has 1 N–H and O–H groups in total. The van der Waals surface area contributed by atoms with Gasteiger partial charge in [0.1, 0.15) is 22.8 Å². The quantitative estimate of drug-likeness (QED) is 0.230. The number of hydrogen-bond acceptors (Lipinski definition) is 12. The molecule has 6 rings (SSSR count). The monoisotopic (exact) mass is 726 g/mol. The fourth-order valence-electron chi connectivity index (χ4n) is 5.45. The van der Waals surface area contributed by atoms with E-state index in [2.05, 4.69) is 46.6 Å². The Kier molecular flexibility index (Phi) is 10.1. The Morgan fingerprint density at radius 2 is 1.71 bits per heavy atom. The van der Waals surface area contributed by atoms with Gasteiger partial charge in [0.15, 0.2) is 11.0 Å². The number of hydrogen-bond donors (Lipinski definition) is 1. The number of aromatic nitrogens is 7. The minimum atomic E-state index is -0.623. The van der Waals surface area contributed by atoms with Crippen molar-refractivity contribution in [3.63, 3.8) is 0 Å². The minimum Gasteiger partial charge on any atom is -0.497 e. The second-order valence-electron chi connectivity index (χ2n) is 14.4. The molecule has 1 aliphatic heterocycles. The van der Waals surface area contributed by atoms with Gasteiger partial charge in [0, 0.05) is 48.7 Å². The molecule has 0 saturated carbocycles. The number of nitrogens with zero attached hydrogens (tertiary/aromatic N) is 9. The molecule has 272 valence electrons. The summed E-state index contributed by atoms with van der Waals surface area (Å²) in [6, 6.07) is 10.7. The number of ether oxygens (including phenoxy) is 2. The van der Waals surface area contributed by atoms with E-state index in [-0.39, 0.29) is 16.9 Å². The molecule has 0 bridgehead atoms. The number of piperazine rings is 1. The fraction of sp³-hybridized carbons (Fsp3) is 0.389. The van der Waals surface area contributed by atoms with Crippen LogP contribution in [0.4, 0.5) is 15.7 Å². The zero-order valence-corrected chi connectivity index (χ0v) is 31.1. The Bertz CT molecular complexity index is 2170. The van der Waals surface area contributed by atoms with Crippen LogP contribution in [0.15, 0.2) is 52.8 Å². The van der Waals surface area contributed by atoms with Crippen molar-refractivity contribution in [2.75, 3.05) is 43.5 Å². The second-order valence-corrected chi connectivity index (χ2v) is 15.2. The van der Waals surface area contributed by atoms with Crippen LogP contribution in [-0.4, -0.2) is 90.4 Å². The van der Waals surface area contributed by atoms with Crippen molar-refractivity contribution in [3.05, 3.63) is 86.5 Å². The van der Waals surface area contributed by atoms with Gasteiger partial charge in [-0.3, -0.25) is 19.3 Å². The van der Waals surface area contributed by atoms with E-state index in [9.17, 15) is 14.4 Å². The number of pyridine rings is 1. The third-order valence-corrected chi connectivity index (χ3v) is 9.04. The zero-order valence-electron chi connectivity index (χ0n) is 30.3. The largest absolute Gasteiger partial charge is 0.497 e. The summed E-state index contributed by atoms with van der Waals surface area (Å²) >= 11 is 1.35. The van der Waals surface area contributed by atoms with Crippen LogP contribution in [0.2, 0.25) is 0 Å². The number of nitrogens with one attached hydrogen (secondary N) is 1. The SMILES string of the molecule is COc1ccc(Cn2nnnc2/C=C/c2c(N3CCN(C(=O)OC(C)(C)C)CC3)nc3cc(C(=O)Nc4nc(C(C)(C)C)cs4)ccn3c2=O)cc1. The van der Waals surface area contributed by atoms with Gasteiger partial charge < -0.3 is 19.3 Å². The molecule has 52 heavy (non-hydrogen) atoms. The van der Waals surface area contributed by atoms with Crippen LogP contribution in [0.3, 0.4) is 0 Å². The van der Waals surface area contributed by atoms with E-state index >= 15 is 0 Å². The van der Waals surface area contributed by atoms with Crippen molar-refractivity contribution < 1.29 is 19.1 Å². The molecular weight excluding hydrogens is 685 g/mol. The Labute approximate surface area is 304 Å². The Balaban J connectivity index is 1.32. The van der Waals surface area contributed by atoms with Gasteiger partial charge in [-0.1, -0.05) is 32.9 Å². The summed E-state index contributed by atoms with van der Waals surface area (Å²) < 4.78 is 13.9. The summed E-state index contributed by atoms with van der Waals surface area (Å²) in [5.74, 6) is 1.22. The molecule has 4 aromatic heterocycles. The lowest BCUT2D eigenvalue weighted by atomic mass is 9.93. The maximum absolute atomic E-state index is 14.2. The first-order chi connectivity index (χ1) is 24.7. The van der Waals surface area contributed by atoms with Crippen molar-refractivity contribution >= 4 is 52.1 Å². The Morgan fingerprint density at radius 3 is 2.37 bits per heavy atom. The molecule has 1 aromatic carbocycles. The van der Waals surface area contributed by atoms with Crippen molar-refractivity contribution in [1.29, 1.82) is 0 Å². The number of carbonyl (C=O) groups excluding carboxylic acids is 2. The van der Waals surface area contributed by atoms with E-state index in [1.165, 1.54) is 21.9 Å². The maximum atomic E-state index is 14.2. The highest BCUT2D eigenvalue weighted by atomic mass is 32.1. The van der Waals surface area contributed by atoms with Gasteiger partial charge in [-0.05, 0) is 73.2 Å². The number of carbonyl (C=O) groups is 2. The molecule has 16 heteroatoms. The first-order valence-corrected chi connectivity index (χ1v) is 17.7. The number of anilines is 2. The molecule has 0 atom stereocenters. The maximum Gasteiger partial charge on any atom is 0.410 e. The van der Waals surface area contributed by atoms with Crippen LogP contribution in [0.1, 0.15) is 74.5 Å². The number of benzene rings is 1. The normalized spacial score (nSPS) is 13.9. The second kappa shape index (κ2) is 14.5. The molecule has 0 aliphatic carbocycles. The average Bonchev–Trinajstić information content (AvgIpc) is 3.77. The van der Waals surface area contributed by atoms with Gasteiger partial charge in [-0.2, -0.15) is 0 Å². The molecule has 0 unspecified atom stereocenters. The first kappa shape index (κ1) is 36.2. The number of tetrazole rings is 1. The molecule has 1 aliphatic rings. The van der Waals surface area contributed by atoms with E-state index in [0.29, 0.717) is 66.3 Å². The lowest BCUT2D eigenvalue weighted by Crippen LogP contribution is -2.50. The molecule has 15 nitrogen and oxygen atoms in total. The van der Waals surface area contributed by atoms with Crippen molar-refractivity contribution in [2.24, 2.45) is 0 Å². The highest BCUT2D eigenvalue weighted by molar-refractivity contribution is 7.14. The number of amides is 2. The van der Waals surface area contributed by atoms with E-state index in [4.69, 9.17) is 14.5 Å². The summed E-state index contributed by atoms with van der Waals surface area (Å²) in [5.41, 5.74) is 1.63. The topological polar surface area (TPSA) is 162 Å². The van der Waals surface area contributed by atoms with Crippen molar-refractivity contribution in [3.8, 4) is 5.75 Å². The van der Waals surface area contributed by atoms with Crippen LogP contribution in [-0.2, 0) is 16.7 Å². The highest BCUT2D eigenvalue weighted by Crippen LogP contribution is 2.27. The predicted octanol–water partition coefficient (Wildman–Crippen LogP) is 4.97. The summed E-state index contributed by atoms with van der Waals surface area (Å²) in [6.45, 7) is 13.6. The molecule has 0 spiro atoms. The summed E-state index contributed by atoms with van der Waals surface area (Å²) in [4.78, 5) is 53.4. The van der Waals surface area contributed by atoms with Gasteiger partial charge in [0.05, 0.1) is 24.9 Å². The minimum absolute atomic E-state index is 0.156. The van der Waals surface area contributed by atoms with Crippen LogP contribution < -0.4 is 20.5 Å². The van der Waals surface area contributed by atoms with Gasteiger partial charge in [0.25, 0.3) is 11.5 Å². The van der Waals surface area contributed by atoms with E-state index in [1.807, 2.05) is 55.3 Å². The van der Waals surface area contributed by atoms with E-state index < -0.39 is 11.7 Å². The van der Waals surface area contributed by atoms with Crippen molar-refractivity contribution in [2.45, 2.75) is 59.1 Å². The lowest BCUT2D eigenvalue weighted by molar-refractivity contribution is 0.0240. The van der Waals surface area contributed by atoms with Gasteiger partial charge in [0.2, 0.25) is 0 Å². The first-order valence-electron chi connectivity index (χ1n) is 16.8. The zero-order chi connectivity index (χ0) is 37.2. The summed E-state index contributed by atoms with van der Waals surface area (Å²) in [5, 5.41) is 17.5. The Morgan fingerprint density at radius 1 is 0.981 bits per heavy atom. The smallest absolute Gasteiger partial charge is 0.410 e. The standard InChI is InChI=1S/C36H42N10O5S/c1-35(2,3)27-22-52-33(37-27)39-31(47)24-14-15-45-29(20-24)38-30(43-16-18-44(19-17-43)34(49)51-36(4,5)6)26(32(45)48)12-13-28-40-41-42-46(28)21-23-8-10-25(50-7)11-9-23/h8-15,20,22H,16-19,21H2,1-7H3,(H,37,39,47)/b13-12+.